The third-order valence-corrected chi connectivity index (χ3v) is 4.69. The fraction of sp³-hybridized carbons (Fsp3) is 0.400. The summed E-state index contributed by atoms with van der Waals surface area (Å²) in [6.45, 7) is 3.66. The van der Waals surface area contributed by atoms with Gasteiger partial charge in [0.05, 0.1) is 11.6 Å². The van der Waals surface area contributed by atoms with Crippen molar-refractivity contribution in [3.63, 3.8) is 0 Å². The van der Waals surface area contributed by atoms with Crippen LogP contribution in [0.5, 0.6) is 0 Å². The van der Waals surface area contributed by atoms with Crippen molar-refractivity contribution in [1.82, 2.24) is 20.2 Å². The molecule has 1 saturated heterocycles. The number of likely N-dealkylation sites (tertiary alicyclic amines) is 1. The summed E-state index contributed by atoms with van der Waals surface area (Å²) in [4.78, 5) is 34.5. The van der Waals surface area contributed by atoms with Crippen LogP contribution in [-0.2, 0) is 29.0 Å². The van der Waals surface area contributed by atoms with E-state index < -0.39 is 0 Å². The van der Waals surface area contributed by atoms with Gasteiger partial charge in [0.25, 0.3) is 0 Å². The van der Waals surface area contributed by atoms with E-state index in [9.17, 15) is 9.59 Å². The smallest absolute Gasteiger partial charge is 0.225 e. The maximum Gasteiger partial charge on any atom is 0.225 e. The summed E-state index contributed by atoms with van der Waals surface area (Å²) in [5.74, 6) is -0.302. The molecule has 6 nitrogen and oxygen atoms in total. The lowest BCUT2D eigenvalue weighted by molar-refractivity contribution is -0.129. The van der Waals surface area contributed by atoms with E-state index in [1.165, 1.54) is 5.56 Å². The Labute approximate surface area is 153 Å². The van der Waals surface area contributed by atoms with Crippen molar-refractivity contribution >= 4 is 11.8 Å². The zero-order valence-electron chi connectivity index (χ0n) is 15.0. The minimum absolute atomic E-state index is 0.0404. The van der Waals surface area contributed by atoms with Gasteiger partial charge in [-0.25, -0.2) is 0 Å². The van der Waals surface area contributed by atoms with Crippen LogP contribution in [0.15, 0.2) is 42.9 Å². The van der Waals surface area contributed by atoms with Gasteiger partial charge >= 0.3 is 0 Å². The highest BCUT2D eigenvalue weighted by molar-refractivity contribution is 5.89. The summed E-state index contributed by atoms with van der Waals surface area (Å²) in [7, 11) is 0. The molecule has 0 saturated carbocycles. The Balaban J connectivity index is 1.47. The lowest BCUT2D eigenvalue weighted by Gasteiger charge is -2.17. The fourth-order valence-corrected chi connectivity index (χ4v) is 3.12. The minimum Gasteiger partial charge on any atom is -0.355 e. The number of carbonyl (C=O) groups is 2. The van der Waals surface area contributed by atoms with Crippen molar-refractivity contribution < 1.29 is 9.59 Å². The maximum atomic E-state index is 12.3. The highest BCUT2D eigenvalue weighted by Gasteiger charge is 2.33. The second-order valence-electron chi connectivity index (χ2n) is 6.58. The van der Waals surface area contributed by atoms with Gasteiger partial charge in [-0.15, -0.1) is 0 Å². The molecular weight excluding hydrogens is 328 g/mol. The van der Waals surface area contributed by atoms with Gasteiger partial charge < -0.3 is 10.2 Å². The normalized spacial score (nSPS) is 16.7. The zero-order chi connectivity index (χ0) is 18.4. The van der Waals surface area contributed by atoms with E-state index in [0.29, 0.717) is 26.1 Å². The third kappa shape index (κ3) is 4.65. The molecule has 1 aliphatic rings. The van der Waals surface area contributed by atoms with Gasteiger partial charge in [-0.2, -0.15) is 0 Å². The number of rotatable bonds is 7. The lowest BCUT2D eigenvalue weighted by atomic mass is 10.1. The maximum absolute atomic E-state index is 12.3. The average Bonchev–Trinajstić information content (AvgIpc) is 3.04. The fourth-order valence-electron chi connectivity index (χ4n) is 3.12. The number of carbonyl (C=O) groups excluding carboxylic acids is 2. The van der Waals surface area contributed by atoms with E-state index in [1.807, 2.05) is 0 Å². The summed E-state index contributed by atoms with van der Waals surface area (Å²) >= 11 is 0. The Morgan fingerprint density at radius 2 is 2.00 bits per heavy atom. The first-order valence-corrected chi connectivity index (χ1v) is 9.04. The van der Waals surface area contributed by atoms with Gasteiger partial charge in [0.2, 0.25) is 11.8 Å². The highest BCUT2D eigenvalue weighted by atomic mass is 16.2. The van der Waals surface area contributed by atoms with Crippen LogP contribution in [0, 0.1) is 5.92 Å². The summed E-state index contributed by atoms with van der Waals surface area (Å²) < 4.78 is 0. The van der Waals surface area contributed by atoms with Crippen LogP contribution in [0.1, 0.15) is 30.2 Å². The Morgan fingerprint density at radius 3 is 2.69 bits per heavy atom. The Kier molecular flexibility index (Phi) is 5.94. The van der Waals surface area contributed by atoms with Crippen molar-refractivity contribution in [3.05, 3.63) is 59.7 Å². The van der Waals surface area contributed by atoms with Gasteiger partial charge in [0, 0.05) is 51.1 Å². The number of benzene rings is 1. The molecule has 0 unspecified atom stereocenters. The van der Waals surface area contributed by atoms with Crippen LogP contribution in [-0.4, -0.2) is 39.8 Å². The second-order valence-corrected chi connectivity index (χ2v) is 6.58. The molecule has 6 heteroatoms. The van der Waals surface area contributed by atoms with E-state index in [2.05, 4.69) is 46.5 Å². The quantitative estimate of drug-likeness (QED) is 0.824. The van der Waals surface area contributed by atoms with E-state index in [-0.39, 0.29) is 24.2 Å². The van der Waals surface area contributed by atoms with Crippen LogP contribution in [0.2, 0.25) is 0 Å². The summed E-state index contributed by atoms with van der Waals surface area (Å²) in [6.07, 6.45) is 6.86. The molecule has 0 spiro atoms. The Hall–Kier alpha value is -2.76. The first-order chi connectivity index (χ1) is 12.7. The second kappa shape index (κ2) is 8.56. The first kappa shape index (κ1) is 18.0. The van der Waals surface area contributed by atoms with Gasteiger partial charge in [-0.3, -0.25) is 19.6 Å². The molecule has 1 aliphatic heterocycles. The van der Waals surface area contributed by atoms with E-state index in [4.69, 9.17) is 0 Å². The highest BCUT2D eigenvalue weighted by Crippen LogP contribution is 2.20. The van der Waals surface area contributed by atoms with Crippen molar-refractivity contribution in [1.29, 1.82) is 0 Å². The van der Waals surface area contributed by atoms with Gasteiger partial charge in [0.1, 0.15) is 0 Å². The number of aryl methyl sites for hydroxylation is 1. The number of hydrogen-bond acceptors (Lipinski definition) is 4. The topological polar surface area (TPSA) is 75.2 Å². The Bertz CT molecular complexity index is 746. The zero-order valence-corrected chi connectivity index (χ0v) is 15.0. The standard InChI is InChI=1S/C20H24N4O2/c1-2-15-3-5-16(6-4-15)13-24-14-17(11-19(24)25)20(26)23-8-7-18-12-21-9-10-22-18/h3-6,9-10,12,17H,2,7-8,11,13-14H2,1H3,(H,23,26)/t17-/m0/s1. The van der Waals surface area contributed by atoms with Crippen LogP contribution in [0.4, 0.5) is 0 Å². The molecule has 1 aromatic heterocycles. The molecule has 136 valence electrons. The average molecular weight is 352 g/mol. The SMILES string of the molecule is CCc1ccc(CN2C[C@@H](C(=O)NCCc3cnccn3)CC2=O)cc1. The number of amides is 2. The van der Waals surface area contributed by atoms with Crippen LogP contribution in [0.25, 0.3) is 0 Å². The largest absolute Gasteiger partial charge is 0.355 e. The molecule has 2 amide bonds. The molecule has 3 rings (SSSR count). The van der Waals surface area contributed by atoms with Crippen molar-refractivity contribution in [2.75, 3.05) is 13.1 Å². The molecule has 2 aromatic rings. The van der Waals surface area contributed by atoms with Gasteiger partial charge in [0.15, 0.2) is 0 Å². The molecule has 1 aromatic carbocycles. The van der Waals surface area contributed by atoms with E-state index in [0.717, 1.165) is 17.7 Å². The molecular formula is C20H24N4O2. The predicted octanol–water partition coefficient (Wildman–Crippen LogP) is 1.75. The number of hydrogen-bond donors (Lipinski definition) is 1. The molecule has 0 bridgehead atoms. The van der Waals surface area contributed by atoms with Crippen molar-refractivity contribution in [2.24, 2.45) is 5.92 Å². The number of nitrogens with zero attached hydrogens (tertiary/aromatic N) is 3. The summed E-state index contributed by atoms with van der Waals surface area (Å²) in [6, 6.07) is 8.29. The van der Waals surface area contributed by atoms with Crippen molar-refractivity contribution in [3.8, 4) is 0 Å². The number of nitrogens with one attached hydrogen (secondary N) is 1. The molecule has 0 radical (unpaired) electrons. The van der Waals surface area contributed by atoms with E-state index >= 15 is 0 Å². The monoisotopic (exact) mass is 352 g/mol. The minimum atomic E-state index is -0.278. The van der Waals surface area contributed by atoms with Crippen LogP contribution >= 0.6 is 0 Å². The first-order valence-electron chi connectivity index (χ1n) is 9.04. The summed E-state index contributed by atoms with van der Waals surface area (Å²) in [5.41, 5.74) is 3.22. The molecule has 0 aliphatic carbocycles. The van der Waals surface area contributed by atoms with Crippen LogP contribution < -0.4 is 5.32 Å². The van der Waals surface area contributed by atoms with Gasteiger partial charge in [-0.05, 0) is 17.5 Å². The number of aromatic nitrogens is 2. The molecule has 2 heterocycles. The summed E-state index contributed by atoms with van der Waals surface area (Å²) in [5, 5.41) is 2.91. The molecule has 1 fully saturated rings. The van der Waals surface area contributed by atoms with Crippen LogP contribution in [0.3, 0.4) is 0 Å². The lowest BCUT2D eigenvalue weighted by Crippen LogP contribution is -2.34. The predicted molar refractivity (Wildman–Crippen MR) is 98.1 cm³/mol. The molecule has 1 atom stereocenters. The van der Waals surface area contributed by atoms with Crippen molar-refractivity contribution in [2.45, 2.75) is 32.7 Å². The molecule has 1 N–H and O–H groups in total. The van der Waals surface area contributed by atoms with E-state index in [1.54, 1.807) is 23.5 Å². The molecule has 26 heavy (non-hydrogen) atoms. The third-order valence-electron chi connectivity index (χ3n) is 4.69. The Morgan fingerprint density at radius 1 is 1.23 bits per heavy atom. The van der Waals surface area contributed by atoms with Gasteiger partial charge in [-0.1, -0.05) is 31.2 Å².